The van der Waals surface area contributed by atoms with Crippen LogP contribution in [0.15, 0.2) is 48.5 Å². The molecule has 0 spiro atoms. The molecule has 3 rings (SSSR count). The van der Waals surface area contributed by atoms with Crippen LogP contribution < -0.4 is 10.6 Å². The molecule has 6 nitrogen and oxygen atoms in total. The third-order valence-corrected chi connectivity index (χ3v) is 4.53. The van der Waals surface area contributed by atoms with Gasteiger partial charge in [0.25, 0.3) is 0 Å². The van der Waals surface area contributed by atoms with E-state index in [0.29, 0.717) is 24.3 Å². The summed E-state index contributed by atoms with van der Waals surface area (Å²) in [4.78, 5) is 36.3. The molecule has 0 aromatic heterocycles. The minimum atomic E-state index is -0.398. The summed E-state index contributed by atoms with van der Waals surface area (Å²) in [6.45, 7) is 3.98. The molecule has 2 N–H and O–H groups in total. The van der Waals surface area contributed by atoms with Crippen molar-refractivity contribution in [2.45, 2.75) is 20.3 Å². The van der Waals surface area contributed by atoms with Crippen molar-refractivity contribution >= 4 is 29.2 Å². The van der Waals surface area contributed by atoms with Crippen molar-refractivity contribution in [3.63, 3.8) is 0 Å². The number of carbonyl (C=O) groups is 3. The fourth-order valence-corrected chi connectivity index (χ4v) is 2.85. The molecule has 1 fully saturated rings. The second-order valence-electron chi connectivity index (χ2n) is 6.54. The van der Waals surface area contributed by atoms with Gasteiger partial charge in [-0.05, 0) is 56.2 Å². The smallest absolute Gasteiger partial charge is 0.338 e. The minimum absolute atomic E-state index is 0.137. The fraction of sp³-hybridized carbons (Fsp3) is 0.286. The highest BCUT2D eigenvalue weighted by Gasteiger charge is 2.48. The van der Waals surface area contributed by atoms with Crippen LogP contribution in [0.3, 0.4) is 0 Å². The van der Waals surface area contributed by atoms with E-state index in [-0.39, 0.29) is 23.7 Å². The highest BCUT2D eigenvalue weighted by Crippen LogP contribution is 2.40. The Balaban J connectivity index is 1.53. The first kappa shape index (κ1) is 18.6. The summed E-state index contributed by atoms with van der Waals surface area (Å²) >= 11 is 0. The van der Waals surface area contributed by atoms with E-state index in [4.69, 9.17) is 4.74 Å². The molecule has 0 saturated heterocycles. The lowest BCUT2D eigenvalue weighted by molar-refractivity contribution is -0.122. The topological polar surface area (TPSA) is 84.5 Å². The standard InChI is InChI=1S/C21H22N2O4/c1-3-27-21(26)14-8-10-15(11-9-14)22-19(24)16-12-17(16)20(25)23-18-7-5-4-6-13(18)2/h4-11,16-17H,3,12H2,1-2H3,(H,22,24)(H,23,25). The monoisotopic (exact) mass is 366 g/mol. The maximum absolute atomic E-state index is 12.3. The molecule has 1 saturated carbocycles. The van der Waals surface area contributed by atoms with Gasteiger partial charge in [-0.2, -0.15) is 0 Å². The van der Waals surface area contributed by atoms with Crippen molar-refractivity contribution in [2.24, 2.45) is 11.8 Å². The molecule has 27 heavy (non-hydrogen) atoms. The lowest BCUT2D eigenvalue weighted by Gasteiger charge is -2.08. The molecule has 6 heteroatoms. The number of carbonyl (C=O) groups excluding carboxylic acids is 3. The van der Waals surface area contributed by atoms with Crippen molar-refractivity contribution in [1.82, 2.24) is 0 Å². The van der Waals surface area contributed by atoms with Crippen LogP contribution in [0.2, 0.25) is 0 Å². The van der Waals surface area contributed by atoms with Crippen LogP contribution in [0, 0.1) is 18.8 Å². The molecule has 2 atom stereocenters. The summed E-state index contributed by atoms with van der Waals surface area (Å²) in [5.41, 5.74) is 2.76. The second kappa shape index (κ2) is 8.03. The van der Waals surface area contributed by atoms with Crippen molar-refractivity contribution in [2.75, 3.05) is 17.2 Å². The van der Waals surface area contributed by atoms with Gasteiger partial charge in [0, 0.05) is 11.4 Å². The molecule has 1 aliphatic carbocycles. The summed E-state index contributed by atoms with van der Waals surface area (Å²) in [7, 11) is 0. The van der Waals surface area contributed by atoms with Crippen LogP contribution >= 0.6 is 0 Å². The van der Waals surface area contributed by atoms with Crippen LogP contribution in [0.1, 0.15) is 29.3 Å². The fourth-order valence-electron chi connectivity index (χ4n) is 2.85. The summed E-state index contributed by atoms with van der Waals surface area (Å²) in [5.74, 6) is -1.38. The molecule has 1 aliphatic rings. The number of benzene rings is 2. The summed E-state index contributed by atoms with van der Waals surface area (Å²) < 4.78 is 4.92. The maximum Gasteiger partial charge on any atom is 0.338 e. The Bertz CT molecular complexity index is 861. The molecular formula is C21H22N2O4. The predicted molar refractivity (Wildman–Crippen MR) is 102 cm³/mol. The van der Waals surface area contributed by atoms with Gasteiger partial charge in [0.05, 0.1) is 24.0 Å². The Morgan fingerprint density at radius 1 is 0.963 bits per heavy atom. The lowest BCUT2D eigenvalue weighted by atomic mass is 10.2. The number of esters is 1. The van der Waals surface area contributed by atoms with Gasteiger partial charge in [-0.25, -0.2) is 4.79 Å². The Labute approximate surface area is 157 Å². The highest BCUT2D eigenvalue weighted by molar-refractivity contribution is 6.03. The number of hydrogen-bond acceptors (Lipinski definition) is 4. The first-order chi connectivity index (χ1) is 13.0. The Morgan fingerprint density at radius 3 is 2.22 bits per heavy atom. The first-order valence-corrected chi connectivity index (χ1v) is 8.94. The third kappa shape index (κ3) is 4.53. The number of anilines is 2. The molecule has 0 aliphatic heterocycles. The quantitative estimate of drug-likeness (QED) is 0.768. The second-order valence-corrected chi connectivity index (χ2v) is 6.54. The summed E-state index contributed by atoms with van der Waals surface area (Å²) in [6.07, 6.45) is 0.532. The van der Waals surface area contributed by atoms with Crippen molar-refractivity contribution in [1.29, 1.82) is 0 Å². The third-order valence-electron chi connectivity index (χ3n) is 4.53. The van der Waals surface area contributed by atoms with Gasteiger partial charge in [0.2, 0.25) is 11.8 Å². The number of aryl methyl sites for hydroxylation is 1. The number of hydrogen-bond donors (Lipinski definition) is 2. The molecular weight excluding hydrogens is 344 g/mol. The van der Waals surface area contributed by atoms with Crippen molar-refractivity contribution in [3.05, 3.63) is 59.7 Å². The van der Waals surface area contributed by atoms with Gasteiger partial charge in [-0.1, -0.05) is 18.2 Å². The number of ether oxygens (including phenoxy) is 1. The highest BCUT2D eigenvalue weighted by atomic mass is 16.5. The minimum Gasteiger partial charge on any atom is -0.462 e. The van der Waals surface area contributed by atoms with E-state index >= 15 is 0 Å². The molecule has 2 unspecified atom stereocenters. The molecule has 2 aromatic rings. The zero-order chi connectivity index (χ0) is 19.4. The van der Waals surface area contributed by atoms with Gasteiger partial charge < -0.3 is 15.4 Å². The van der Waals surface area contributed by atoms with E-state index in [9.17, 15) is 14.4 Å². The largest absolute Gasteiger partial charge is 0.462 e. The van der Waals surface area contributed by atoms with Gasteiger partial charge >= 0.3 is 5.97 Å². The predicted octanol–water partition coefficient (Wildman–Crippen LogP) is 3.39. The SMILES string of the molecule is CCOC(=O)c1ccc(NC(=O)C2CC2C(=O)Nc2ccccc2C)cc1. The average Bonchev–Trinajstić information content (AvgIpc) is 3.45. The van der Waals surface area contributed by atoms with E-state index in [1.165, 1.54) is 0 Å². The Hall–Kier alpha value is -3.15. The average molecular weight is 366 g/mol. The van der Waals surface area contributed by atoms with E-state index in [0.717, 1.165) is 11.3 Å². The number of amides is 2. The summed E-state index contributed by atoms with van der Waals surface area (Å²) in [5, 5.41) is 5.67. The number of para-hydroxylation sites is 1. The first-order valence-electron chi connectivity index (χ1n) is 8.94. The van der Waals surface area contributed by atoms with Crippen LogP contribution in [0.5, 0.6) is 0 Å². The van der Waals surface area contributed by atoms with E-state index in [2.05, 4.69) is 10.6 Å². The van der Waals surface area contributed by atoms with Gasteiger partial charge in [0.15, 0.2) is 0 Å². The van der Waals surface area contributed by atoms with E-state index in [1.807, 2.05) is 31.2 Å². The van der Waals surface area contributed by atoms with Crippen LogP contribution in [-0.4, -0.2) is 24.4 Å². The van der Waals surface area contributed by atoms with E-state index in [1.54, 1.807) is 31.2 Å². The van der Waals surface area contributed by atoms with E-state index < -0.39 is 5.97 Å². The molecule has 0 radical (unpaired) electrons. The molecule has 0 bridgehead atoms. The zero-order valence-corrected chi connectivity index (χ0v) is 15.3. The maximum atomic E-state index is 12.3. The Kier molecular flexibility index (Phi) is 5.54. The van der Waals surface area contributed by atoms with Crippen molar-refractivity contribution < 1.29 is 19.1 Å². The Morgan fingerprint density at radius 2 is 1.59 bits per heavy atom. The summed E-state index contributed by atoms with van der Waals surface area (Å²) in [6, 6.07) is 14.0. The van der Waals surface area contributed by atoms with Crippen LogP contribution in [-0.2, 0) is 14.3 Å². The van der Waals surface area contributed by atoms with Crippen molar-refractivity contribution in [3.8, 4) is 0 Å². The van der Waals surface area contributed by atoms with Crippen LogP contribution in [0.4, 0.5) is 11.4 Å². The number of nitrogens with one attached hydrogen (secondary N) is 2. The zero-order valence-electron chi connectivity index (χ0n) is 15.3. The molecule has 140 valence electrons. The van der Waals surface area contributed by atoms with Gasteiger partial charge in [0.1, 0.15) is 0 Å². The normalized spacial score (nSPS) is 17.7. The van der Waals surface area contributed by atoms with Crippen LogP contribution in [0.25, 0.3) is 0 Å². The van der Waals surface area contributed by atoms with Gasteiger partial charge in [-0.15, -0.1) is 0 Å². The van der Waals surface area contributed by atoms with Gasteiger partial charge in [-0.3, -0.25) is 9.59 Å². The number of rotatable bonds is 6. The molecule has 2 aromatic carbocycles. The molecule has 0 heterocycles. The molecule has 2 amide bonds. The lowest BCUT2D eigenvalue weighted by Crippen LogP contribution is -2.21.